The highest BCUT2D eigenvalue weighted by Gasteiger charge is 2.25. The van der Waals surface area contributed by atoms with Gasteiger partial charge in [-0.05, 0) is 34.1 Å². The average Bonchev–Trinajstić information content (AvgIpc) is 2.88. The highest BCUT2D eigenvalue weighted by molar-refractivity contribution is 9.10. The molecular formula is C18H23BrN4O3. The molecule has 0 spiro atoms. The lowest BCUT2D eigenvalue weighted by Gasteiger charge is -2.37. The van der Waals surface area contributed by atoms with E-state index in [1.807, 2.05) is 25.2 Å². The molecule has 1 amide bonds. The number of anilines is 1. The summed E-state index contributed by atoms with van der Waals surface area (Å²) in [5.41, 5.74) is 2.50. The van der Waals surface area contributed by atoms with Crippen LogP contribution in [0.1, 0.15) is 6.92 Å². The van der Waals surface area contributed by atoms with Gasteiger partial charge in [-0.1, -0.05) is 0 Å². The number of hydrogen-bond donors (Lipinski definition) is 1. The second kappa shape index (κ2) is 8.20. The smallest absolute Gasteiger partial charge is 0.221 e. The zero-order valence-corrected chi connectivity index (χ0v) is 16.7. The van der Waals surface area contributed by atoms with Crippen molar-refractivity contribution in [3.63, 3.8) is 0 Å². The van der Waals surface area contributed by atoms with Crippen LogP contribution in [0.25, 0.3) is 11.3 Å². The molecule has 2 aromatic rings. The minimum atomic E-state index is -0.112. The lowest BCUT2D eigenvalue weighted by molar-refractivity contribution is -0.114. The van der Waals surface area contributed by atoms with Crippen molar-refractivity contribution < 1.29 is 14.3 Å². The fraction of sp³-hybridized carbons (Fsp3) is 0.444. The van der Waals surface area contributed by atoms with E-state index in [0.29, 0.717) is 12.7 Å². The van der Waals surface area contributed by atoms with E-state index >= 15 is 0 Å². The number of nitrogens with zero attached hydrogens (tertiary/aromatic N) is 3. The molecule has 0 bridgehead atoms. The monoisotopic (exact) mass is 422 g/mol. The third-order valence-electron chi connectivity index (χ3n) is 4.37. The van der Waals surface area contributed by atoms with E-state index in [-0.39, 0.29) is 5.91 Å². The Morgan fingerprint density at radius 1 is 1.42 bits per heavy atom. The Kier molecular flexibility index (Phi) is 5.95. The van der Waals surface area contributed by atoms with Gasteiger partial charge in [0.25, 0.3) is 0 Å². The Bertz CT molecular complexity index is 767. The first-order valence-electron chi connectivity index (χ1n) is 8.45. The van der Waals surface area contributed by atoms with Gasteiger partial charge in [0.2, 0.25) is 5.91 Å². The van der Waals surface area contributed by atoms with Gasteiger partial charge in [-0.15, -0.1) is 0 Å². The summed E-state index contributed by atoms with van der Waals surface area (Å²) in [6.07, 6.45) is 2.09. The lowest BCUT2D eigenvalue weighted by Crippen LogP contribution is -2.52. The summed E-state index contributed by atoms with van der Waals surface area (Å²) < 4.78 is 14.0. The predicted octanol–water partition coefficient (Wildman–Crippen LogP) is 2.52. The molecule has 1 aromatic carbocycles. The van der Waals surface area contributed by atoms with Gasteiger partial charge in [0.05, 0.1) is 22.5 Å². The Morgan fingerprint density at radius 2 is 2.19 bits per heavy atom. The second-order valence-electron chi connectivity index (χ2n) is 6.32. The number of methoxy groups -OCH3 is 1. The predicted molar refractivity (Wildman–Crippen MR) is 103 cm³/mol. The number of hydrogen-bond acceptors (Lipinski definition) is 5. The average molecular weight is 423 g/mol. The summed E-state index contributed by atoms with van der Waals surface area (Å²) in [4.78, 5) is 13.7. The first kappa shape index (κ1) is 18.9. The van der Waals surface area contributed by atoms with Gasteiger partial charge in [-0.2, -0.15) is 5.10 Å². The number of rotatable bonds is 7. The van der Waals surface area contributed by atoms with Crippen LogP contribution in [0.5, 0.6) is 5.75 Å². The molecule has 0 atom stereocenters. The van der Waals surface area contributed by atoms with Crippen LogP contribution in [0, 0.1) is 0 Å². The van der Waals surface area contributed by atoms with Crippen molar-refractivity contribution in [3.05, 3.63) is 28.9 Å². The summed E-state index contributed by atoms with van der Waals surface area (Å²) in [6, 6.07) is 5.63. The van der Waals surface area contributed by atoms with E-state index in [4.69, 9.17) is 9.47 Å². The van der Waals surface area contributed by atoms with Gasteiger partial charge in [0.1, 0.15) is 12.4 Å². The zero-order valence-electron chi connectivity index (χ0n) is 15.2. The van der Waals surface area contributed by atoms with Gasteiger partial charge in [-0.3, -0.25) is 14.4 Å². The van der Waals surface area contributed by atoms with Crippen molar-refractivity contribution in [2.75, 3.05) is 38.7 Å². The van der Waals surface area contributed by atoms with Crippen LogP contribution < -0.4 is 10.1 Å². The third kappa shape index (κ3) is 4.25. The van der Waals surface area contributed by atoms with E-state index in [0.717, 1.165) is 46.8 Å². The minimum absolute atomic E-state index is 0.112. The molecule has 1 aromatic heterocycles. The molecule has 1 saturated heterocycles. The number of carbonyl (C=O) groups excluding carboxylic acids is 1. The van der Waals surface area contributed by atoms with Crippen LogP contribution in [0.15, 0.2) is 28.9 Å². The van der Waals surface area contributed by atoms with Crippen LogP contribution in [-0.4, -0.2) is 60.0 Å². The summed E-state index contributed by atoms with van der Waals surface area (Å²) in [7, 11) is 3.62. The number of aryl methyl sites for hydroxylation is 1. The van der Waals surface area contributed by atoms with Gasteiger partial charge in [0, 0.05) is 52.0 Å². The molecule has 0 aliphatic carbocycles. The molecule has 140 valence electrons. The Morgan fingerprint density at radius 3 is 2.81 bits per heavy atom. The highest BCUT2D eigenvalue weighted by Crippen LogP contribution is 2.36. The molecule has 0 saturated carbocycles. The summed E-state index contributed by atoms with van der Waals surface area (Å²) in [5.74, 6) is 0.645. The van der Waals surface area contributed by atoms with Crippen molar-refractivity contribution in [2.24, 2.45) is 7.05 Å². The molecule has 1 N–H and O–H groups in total. The molecule has 1 aliphatic heterocycles. The normalized spacial score (nSPS) is 14.9. The maximum absolute atomic E-state index is 11.4. The summed E-state index contributed by atoms with van der Waals surface area (Å²) in [5, 5.41) is 7.09. The molecule has 26 heavy (non-hydrogen) atoms. The Balaban J connectivity index is 1.76. The van der Waals surface area contributed by atoms with Crippen molar-refractivity contribution in [1.82, 2.24) is 14.7 Å². The quantitative estimate of drug-likeness (QED) is 0.742. The van der Waals surface area contributed by atoms with Gasteiger partial charge in [-0.25, -0.2) is 0 Å². The number of carbonyl (C=O) groups is 1. The molecule has 3 rings (SSSR count). The topological polar surface area (TPSA) is 68.6 Å². The third-order valence-corrected chi connectivity index (χ3v) is 4.95. The van der Waals surface area contributed by atoms with Crippen LogP contribution in [-0.2, 0) is 16.6 Å². The standard InChI is InChI=1S/C18H23BrN4O3/c1-12(24)21-13-4-5-17(26-7-6-23-10-14(11-23)25-3)15(8-13)18-16(19)9-20-22(18)2/h4-5,8-9,14H,6-7,10-11H2,1-3H3,(H,21,24). The molecule has 0 unspecified atom stereocenters. The van der Waals surface area contributed by atoms with Gasteiger partial charge < -0.3 is 14.8 Å². The lowest BCUT2D eigenvalue weighted by atomic mass is 10.1. The molecular weight excluding hydrogens is 400 g/mol. The fourth-order valence-corrected chi connectivity index (χ4v) is 3.54. The van der Waals surface area contributed by atoms with Crippen molar-refractivity contribution in [3.8, 4) is 17.0 Å². The Labute approximate surface area is 161 Å². The van der Waals surface area contributed by atoms with Crippen LogP contribution in [0.3, 0.4) is 0 Å². The van der Waals surface area contributed by atoms with Crippen molar-refractivity contribution in [1.29, 1.82) is 0 Å². The molecule has 1 aliphatic rings. The summed E-state index contributed by atoms with van der Waals surface area (Å²) in [6.45, 7) is 4.81. The van der Waals surface area contributed by atoms with Gasteiger partial charge in [0.15, 0.2) is 0 Å². The highest BCUT2D eigenvalue weighted by atomic mass is 79.9. The van der Waals surface area contributed by atoms with Crippen molar-refractivity contribution in [2.45, 2.75) is 13.0 Å². The number of likely N-dealkylation sites (tertiary alicyclic amines) is 1. The first-order chi connectivity index (χ1) is 12.5. The van der Waals surface area contributed by atoms with Gasteiger partial charge >= 0.3 is 0 Å². The minimum Gasteiger partial charge on any atom is -0.492 e. The van der Waals surface area contributed by atoms with E-state index in [9.17, 15) is 4.79 Å². The van der Waals surface area contributed by atoms with Crippen LogP contribution in [0.4, 0.5) is 5.69 Å². The number of nitrogens with one attached hydrogen (secondary N) is 1. The maximum atomic E-state index is 11.4. The fourth-order valence-electron chi connectivity index (χ4n) is 2.97. The number of halogens is 1. The zero-order chi connectivity index (χ0) is 18.7. The molecule has 7 nitrogen and oxygen atoms in total. The van der Waals surface area contributed by atoms with Crippen LogP contribution in [0.2, 0.25) is 0 Å². The molecule has 2 heterocycles. The van der Waals surface area contributed by atoms with E-state index < -0.39 is 0 Å². The largest absolute Gasteiger partial charge is 0.492 e. The number of benzene rings is 1. The molecule has 0 radical (unpaired) electrons. The van der Waals surface area contributed by atoms with E-state index in [1.54, 1.807) is 18.0 Å². The molecule has 1 fully saturated rings. The van der Waals surface area contributed by atoms with Crippen LogP contribution >= 0.6 is 15.9 Å². The van der Waals surface area contributed by atoms with Crippen molar-refractivity contribution >= 4 is 27.5 Å². The SMILES string of the molecule is COC1CN(CCOc2ccc(NC(C)=O)cc2-c2c(Br)cnn2C)C1. The number of aromatic nitrogens is 2. The van der Waals surface area contributed by atoms with E-state index in [1.165, 1.54) is 6.92 Å². The van der Waals surface area contributed by atoms with E-state index in [2.05, 4.69) is 31.2 Å². The molecule has 8 heteroatoms. The number of amides is 1. The maximum Gasteiger partial charge on any atom is 0.221 e. The first-order valence-corrected chi connectivity index (χ1v) is 9.24. The number of ether oxygens (including phenoxy) is 2. The summed E-state index contributed by atoms with van der Waals surface area (Å²) >= 11 is 3.54. The Hall–Kier alpha value is -1.90. The second-order valence-corrected chi connectivity index (χ2v) is 7.18.